The molecule has 1 aliphatic heterocycles. The Balaban J connectivity index is 1.22. The van der Waals surface area contributed by atoms with E-state index >= 15 is 0 Å². The molecule has 4 rings (SSSR count). The zero-order chi connectivity index (χ0) is 22.2. The highest BCUT2D eigenvalue weighted by molar-refractivity contribution is 5.92. The molecule has 0 aromatic heterocycles. The Morgan fingerprint density at radius 3 is 2.22 bits per heavy atom. The van der Waals surface area contributed by atoms with Gasteiger partial charge in [0.25, 0.3) is 5.91 Å². The summed E-state index contributed by atoms with van der Waals surface area (Å²) >= 11 is 0. The van der Waals surface area contributed by atoms with Crippen LogP contribution in [0.3, 0.4) is 0 Å². The zero-order valence-electron chi connectivity index (χ0n) is 17.9. The fraction of sp³-hybridized carbons (Fsp3) is 0.231. The first-order chi connectivity index (χ1) is 15.7. The molecule has 0 saturated carbocycles. The second kappa shape index (κ2) is 10.6. The van der Waals surface area contributed by atoms with E-state index in [1.165, 1.54) is 5.56 Å². The standard InChI is InChI=1S/C26H27N3O3/c30-19-22-6-12-25(13-7-22)32-20-26(31)27-23-8-10-24(11-9-23)29-16-14-28(15-17-29)18-21-4-2-1-3-5-21/h1-13,19H,14-18,20H2,(H,27,31). The van der Waals surface area contributed by atoms with E-state index in [-0.39, 0.29) is 12.5 Å². The van der Waals surface area contributed by atoms with Crippen LogP contribution in [-0.2, 0) is 11.3 Å². The molecule has 0 unspecified atom stereocenters. The smallest absolute Gasteiger partial charge is 0.262 e. The molecule has 3 aromatic rings. The van der Waals surface area contributed by atoms with E-state index < -0.39 is 0 Å². The lowest BCUT2D eigenvalue weighted by Gasteiger charge is -2.36. The zero-order valence-corrected chi connectivity index (χ0v) is 17.9. The number of hydrogen-bond acceptors (Lipinski definition) is 5. The number of rotatable bonds is 8. The summed E-state index contributed by atoms with van der Waals surface area (Å²) in [4.78, 5) is 27.7. The van der Waals surface area contributed by atoms with Crippen LogP contribution in [0.2, 0.25) is 0 Å². The third-order valence-electron chi connectivity index (χ3n) is 5.52. The maximum atomic E-state index is 12.2. The van der Waals surface area contributed by atoms with Crippen molar-refractivity contribution in [2.24, 2.45) is 0 Å². The molecule has 164 valence electrons. The van der Waals surface area contributed by atoms with Crippen molar-refractivity contribution in [3.63, 3.8) is 0 Å². The summed E-state index contributed by atoms with van der Waals surface area (Å²) in [7, 11) is 0. The van der Waals surface area contributed by atoms with Gasteiger partial charge in [0.05, 0.1) is 0 Å². The number of ether oxygens (including phenoxy) is 1. The van der Waals surface area contributed by atoms with E-state index in [9.17, 15) is 9.59 Å². The molecule has 0 bridgehead atoms. The molecule has 0 atom stereocenters. The third-order valence-corrected chi connectivity index (χ3v) is 5.52. The second-order valence-corrected chi connectivity index (χ2v) is 7.82. The summed E-state index contributed by atoms with van der Waals surface area (Å²) in [6, 6.07) is 25.1. The van der Waals surface area contributed by atoms with Gasteiger partial charge in [0.1, 0.15) is 12.0 Å². The van der Waals surface area contributed by atoms with Crippen molar-refractivity contribution >= 4 is 23.6 Å². The SMILES string of the molecule is O=Cc1ccc(OCC(=O)Nc2ccc(N3CCN(Cc4ccccc4)CC3)cc2)cc1. The first kappa shape index (κ1) is 21.6. The number of carbonyl (C=O) groups excluding carboxylic acids is 2. The number of hydrogen-bond donors (Lipinski definition) is 1. The quantitative estimate of drug-likeness (QED) is 0.552. The highest BCUT2D eigenvalue weighted by Gasteiger charge is 2.17. The number of nitrogens with zero attached hydrogens (tertiary/aromatic N) is 2. The Hall–Kier alpha value is -3.64. The molecule has 1 heterocycles. The lowest BCUT2D eigenvalue weighted by Crippen LogP contribution is -2.45. The fourth-order valence-corrected chi connectivity index (χ4v) is 3.75. The first-order valence-electron chi connectivity index (χ1n) is 10.8. The molecule has 6 nitrogen and oxygen atoms in total. The molecule has 0 radical (unpaired) electrons. The molecule has 0 aliphatic carbocycles. The minimum absolute atomic E-state index is 0.0917. The van der Waals surface area contributed by atoms with Crippen LogP contribution in [0.5, 0.6) is 5.75 Å². The summed E-state index contributed by atoms with van der Waals surface area (Å²) in [5, 5.41) is 2.85. The molecule has 6 heteroatoms. The lowest BCUT2D eigenvalue weighted by atomic mass is 10.2. The first-order valence-corrected chi connectivity index (χ1v) is 10.8. The van der Waals surface area contributed by atoms with Crippen molar-refractivity contribution in [2.45, 2.75) is 6.54 Å². The third kappa shape index (κ3) is 5.95. The number of carbonyl (C=O) groups is 2. The van der Waals surface area contributed by atoms with Crippen molar-refractivity contribution in [3.8, 4) is 5.75 Å². The topological polar surface area (TPSA) is 61.9 Å². The monoisotopic (exact) mass is 429 g/mol. The van der Waals surface area contributed by atoms with Crippen molar-refractivity contribution in [1.82, 2.24) is 4.90 Å². The van der Waals surface area contributed by atoms with Gasteiger partial charge in [-0.05, 0) is 54.1 Å². The van der Waals surface area contributed by atoms with Crippen LogP contribution in [-0.4, -0.2) is 49.9 Å². The van der Waals surface area contributed by atoms with Gasteiger partial charge in [0, 0.05) is 49.7 Å². The highest BCUT2D eigenvalue weighted by Crippen LogP contribution is 2.20. The van der Waals surface area contributed by atoms with Crippen molar-refractivity contribution in [2.75, 3.05) is 43.0 Å². The van der Waals surface area contributed by atoms with Crippen molar-refractivity contribution in [3.05, 3.63) is 90.0 Å². The molecule has 32 heavy (non-hydrogen) atoms. The molecule has 1 N–H and O–H groups in total. The average molecular weight is 430 g/mol. The van der Waals surface area contributed by atoms with Crippen LogP contribution in [0.1, 0.15) is 15.9 Å². The molecule has 3 aromatic carbocycles. The van der Waals surface area contributed by atoms with Crippen LogP contribution in [0.15, 0.2) is 78.9 Å². The number of piperazine rings is 1. The van der Waals surface area contributed by atoms with Gasteiger partial charge < -0.3 is 15.0 Å². The minimum Gasteiger partial charge on any atom is -0.484 e. The predicted octanol–water partition coefficient (Wildman–Crippen LogP) is 3.84. The maximum Gasteiger partial charge on any atom is 0.262 e. The van der Waals surface area contributed by atoms with Gasteiger partial charge in [-0.2, -0.15) is 0 Å². The van der Waals surface area contributed by atoms with E-state index in [4.69, 9.17) is 4.74 Å². The second-order valence-electron chi connectivity index (χ2n) is 7.82. The number of amides is 1. The highest BCUT2D eigenvalue weighted by atomic mass is 16.5. The van der Waals surface area contributed by atoms with E-state index in [2.05, 4.69) is 45.4 Å². The van der Waals surface area contributed by atoms with E-state index in [1.807, 2.05) is 24.3 Å². The van der Waals surface area contributed by atoms with Crippen molar-refractivity contribution in [1.29, 1.82) is 0 Å². The Morgan fingerprint density at radius 2 is 1.56 bits per heavy atom. The number of anilines is 2. The van der Waals surface area contributed by atoms with Gasteiger partial charge in [0.15, 0.2) is 6.61 Å². The summed E-state index contributed by atoms with van der Waals surface area (Å²) < 4.78 is 5.47. The van der Waals surface area contributed by atoms with Gasteiger partial charge >= 0.3 is 0 Å². The summed E-state index contributed by atoms with van der Waals surface area (Å²) in [5.41, 5.74) is 3.82. The van der Waals surface area contributed by atoms with Gasteiger partial charge in [0.2, 0.25) is 0 Å². The maximum absolute atomic E-state index is 12.2. The normalized spacial score (nSPS) is 14.1. The fourth-order valence-electron chi connectivity index (χ4n) is 3.75. The van der Waals surface area contributed by atoms with Crippen LogP contribution in [0.25, 0.3) is 0 Å². The molecule has 1 aliphatic rings. The van der Waals surface area contributed by atoms with Gasteiger partial charge in [-0.25, -0.2) is 0 Å². The summed E-state index contributed by atoms with van der Waals surface area (Å²) in [6.45, 7) is 4.91. The largest absolute Gasteiger partial charge is 0.484 e. The van der Waals surface area contributed by atoms with Crippen molar-refractivity contribution < 1.29 is 14.3 Å². The lowest BCUT2D eigenvalue weighted by molar-refractivity contribution is -0.118. The number of benzene rings is 3. The molecular weight excluding hydrogens is 402 g/mol. The molecular formula is C26H27N3O3. The molecule has 1 amide bonds. The molecule has 0 spiro atoms. The van der Waals surface area contributed by atoms with Crippen LogP contribution in [0, 0.1) is 0 Å². The molecule has 1 saturated heterocycles. The Morgan fingerprint density at radius 1 is 0.875 bits per heavy atom. The number of nitrogens with one attached hydrogen (secondary N) is 1. The van der Waals surface area contributed by atoms with E-state index in [0.29, 0.717) is 11.3 Å². The van der Waals surface area contributed by atoms with Crippen LogP contribution < -0.4 is 15.0 Å². The number of aldehydes is 1. The van der Waals surface area contributed by atoms with Crippen LogP contribution in [0.4, 0.5) is 11.4 Å². The Kier molecular flexibility index (Phi) is 7.15. The predicted molar refractivity (Wildman–Crippen MR) is 126 cm³/mol. The Bertz CT molecular complexity index is 1010. The summed E-state index contributed by atoms with van der Waals surface area (Å²) in [6.07, 6.45) is 0.769. The summed E-state index contributed by atoms with van der Waals surface area (Å²) in [5.74, 6) is 0.319. The average Bonchev–Trinajstić information content (AvgIpc) is 2.85. The minimum atomic E-state index is -0.230. The van der Waals surface area contributed by atoms with E-state index in [1.54, 1.807) is 24.3 Å². The van der Waals surface area contributed by atoms with Crippen LogP contribution >= 0.6 is 0 Å². The molecule has 1 fully saturated rings. The van der Waals surface area contributed by atoms with Gasteiger partial charge in [-0.1, -0.05) is 30.3 Å². The van der Waals surface area contributed by atoms with Gasteiger partial charge in [-0.15, -0.1) is 0 Å². The Labute approximate surface area is 188 Å². The van der Waals surface area contributed by atoms with Gasteiger partial charge in [-0.3, -0.25) is 14.5 Å². The van der Waals surface area contributed by atoms with E-state index in [0.717, 1.165) is 50.4 Å².